The van der Waals surface area contributed by atoms with Crippen LogP contribution in [0.1, 0.15) is 38.2 Å². The van der Waals surface area contributed by atoms with Crippen LogP contribution in [-0.2, 0) is 20.7 Å². The summed E-state index contributed by atoms with van der Waals surface area (Å²) in [5.41, 5.74) is 1.16. The molecule has 0 spiro atoms. The number of hydrogen-bond donors (Lipinski definition) is 0. The third-order valence-corrected chi connectivity index (χ3v) is 4.45. The fraction of sp³-hybridized carbons (Fsp3) is 0.556. The number of benzene rings is 1. The lowest BCUT2D eigenvalue weighted by Crippen LogP contribution is -2.40. The number of halogens is 1. The Labute approximate surface area is 142 Å². The van der Waals surface area contributed by atoms with Gasteiger partial charge in [0.1, 0.15) is 0 Å². The summed E-state index contributed by atoms with van der Waals surface area (Å²) in [6, 6.07) is 7.75. The highest BCUT2D eigenvalue weighted by Crippen LogP contribution is 2.20. The van der Waals surface area contributed by atoms with E-state index in [4.69, 9.17) is 16.3 Å². The summed E-state index contributed by atoms with van der Waals surface area (Å²) in [5, 5.41) is 0.731. The summed E-state index contributed by atoms with van der Waals surface area (Å²) in [7, 11) is 0. The van der Waals surface area contributed by atoms with Crippen molar-refractivity contribution in [3.05, 3.63) is 34.9 Å². The van der Waals surface area contributed by atoms with Crippen molar-refractivity contribution in [2.45, 2.75) is 39.0 Å². The number of likely N-dealkylation sites (tertiary alicyclic amines) is 1. The van der Waals surface area contributed by atoms with Gasteiger partial charge in [-0.3, -0.25) is 9.59 Å². The molecule has 0 radical (unpaired) electrons. The minimum absolute atomic E-state index is 0.0505. The second-order valence-corrected chi connectivity index (χ2v) is 6.33. The van der Waals surface area contributed by atoms with Crippen molar-refractivity contribution >= 4 is 23.5 Å². The number of amides is 1. The molecule has 0 saturated carbocycles. The van der Waals surface area contributed by atoms with Crippen molar-refractivity contribution in [3.8, 4) is 0 Å². The van der Waals surface area contributed by atoms with Crippen molar-refractivity contribution < 1.29 is 14.3 Å². The lowest BCUT2D eigenvalue weighted by atomic mass is 9.96. The molecule has 126 valence electrons. The van der Waals surface area contributed by atoms with Crippen LogP contribution in [-0.4, -0.2) is 36.5 Å². The van der Waals surface area contributed by atoms with Crippen LogP contribution in [0.5, 0.6) is 0 Å². The van der Waals surface area contributed by atoms with E-state index in [1.54, 1.807) is 0 Å². The van der Waals surface area contributed by atoms with Crippen molar-refractivity contribution in [1.82, 2.24) is 4.90 Å². The molecule has 1 saturated heterocycles. The molecule has 0 bridgehead atoms. The zero-order chi connectivity index (χ0) is 16.7. The molecular weight excluding hydrogens is 314 g/mol. The van der Waals surface area contributed by atoms with Crippen molar-refractivity contribution in [3.63, 3.8) is 0 Å². The minimum Gasteiger partial charge on any atom is -0.466 e. The highest BCUT2D eigenvalue weighted by atomic mass is 35.5. The van der Waals surface area contributed by atoms with Crippen molar-refractivity contribution in [2.24, 2.45) is 5.92 Å². The molecule has 1 aromatic carbocycles. The quantitative estimate of drug-likeness (QED) is 0.747. The van der Waals surface area contributed by atoms with E-state index < -0.39 is 0 Å². The maximum Gasteiger partial charge on any atom is 0.309 e. The lowest BCUT2D eigenvalue weighted by Gasteiger charge is -2.31. The first-order valence-electron chi connectivity index (χ1n) is 8.29. The van der Waals surface area contributed by atoms with E-state index in [0.717, 1.165) is 23.4 Å². The summed E-state index contributed by atoms with van der Waals surface area (Å²) < 4.78 is 5.05. The van der Waals surface area contributed by atoms with E-state index in [-0.39, 0.29) is 17.8 Å². The van der Waals surface area contributed by atoms with Crippen LogP contribution in [0.3, 0.4) is 0 Å². The third kappa shape index (κ3) is 5.54. The fourth-order valence-corrected chi connectivity index (χ4v) is 3.13. The predicted molar refractivity (Wildman–Crippen MR) is 90.3 cm³/mol. The van der Waals surface area contributed by atoms with Gasteiger partial charge in [-0.2, -0.15) is 0 Å². The van der Waals surface area contributed by atoms with Gasteiger partial charge in [-0.15, -0.1) is 0 Å². The van der Waals surface area contributed by atoms with Gasteiger partial charge < -0.3 is 9.64 Å². The molecule has 2 rings (SSSR count). The Hall–Kier alpha value is -1.55. The van der Waals surface area contributed by atoms with E-state index in [1.807, 2.05) is 36.1 Å². The van der Waals surface area contributed by atoms with E-state index >= 15 is 0 Å². The number of aryl methyl sites for hydroxylation is 1. The van der Waals surface area contributed by atoms with Gasteiger partial charge in [0.05, 0.1) is 12.5 Å². The van der Waals surface area contributed by atoms with Crippen LogP contribution >= 0.6 is 11.6 Å². The van der Waals surface area contributed by atoms with Gasteiger partial charge in [-0.05, 0) is 50.3 Å². The Morgan fingerprint density at radius 1 is 1.30 bits per heavy atom. The number of esters is 1. The summed E-state index contributed by atoms with van der Waals surface area (Å²) in [5.74, 6) is 0.000327. The first kappa shape index (κ1) is 17.8. The Bertz CT molecular complexity index is 539. The number of carbonyl (C=O) groups is 2. The Kier molecular flexibility index (Phi) is 6.90. The average Bonchev–Trinajstić information content (AvgIpc) is 2.55. The highest BCUT2D eigenvalue weighted by molar-refractivity contribution is 6.30. The van der Waals surface area contributed by atoms with Gasteiger partial charge in [0.2, 0.25) is 5.91 Å². The van der Waals surface area contributed by atoms with E-state index in [2.05, 4.69) is 0 Å². The van der Waals surface area contributed by atoms with Gasteiger partial charge in [-0.25, -0.2) is 0 Å². The van der Waals surface area contributed by atoms with Crippen LogP contribution in [0.2, 0.25) is 5.02 Å². The summed E-state index contributed by atoms with van der Waals surface area (Å²) in [4.78, 5) is 25.8. The number of carbonyl (C=O) groups excluding carboxylic acids is 2. The molecule has 0 atom stereocenters. The van der Waals surface area contributed by atoms with Gasteiger partial charge in [-0.1, -0.05) is 23.7 Å². The fourth-order valence-electron chi connectivity index (χ4n) is 2.92. The van der Waals surface area contributed by atoms with Crippen molar-refractivity contribution in [2.75, 3.05) is 19.7 Å². The normalized spacial score (nSPS) is 15.5. The Balaban J connectivity index is 1.70. The molecule has 1 heterocycles. The predicted octanol–water partition coefficient (Wildman–Crippen LogP) is 3.46. The molecule has 0 aliphatic carbocycles. The Morgan fingerprint density at radius 3 is 2.70 bits per heavy atom. The summed E-state index contributed by atoms with van der Waals surface area (Å²) in [6.45, 7) is 3.54. The molecule has 1 amide bonds. The van der Waals surface area contributed by atoms with Crippen LogP contribution in [0.4, 0.5) is 0 Å². The standard InChI is InChI=1S/C18H24ClNO3/c1-2-23-18(22)15-9-11-20(12-10-15)17(21)8-4-6-14-5-3-7-16(19)13-14/h3,5,7,13,15H,2,4,6,8-12H2,1H3. The summed E-state index contributed by atoms with van der Waals surface area (Å²) in [6.07, 6.45) is 3.62. The molecule has 1 aliphatic heterocycles. The topological polar surface area (TPSA) is 46.6 Å². The zero-order valence-corrected chi connectivity index (χ0v) is 14.3. The molecule has 1 aromatic rings. The molecule has 0 aromatic heterocycles. The zero-order valence-electron chi connectivity index (χ0n) is 13.6. The molecule has 5 heteroatoms. The van der Waals surface area contributed by atoms with Gasteiger partial charge in [0.25, 0.3) is 0 Å². The number of piperidine rings is 1. The third-order valence-electron chi connectivity index (χ3n) is 4.21. The molecular formula is C18H24ClNO3. The molecule has 0 unspecified atom stereocenters. The maximum atomic E-state index is 12.2. The van der Waals surface area contributed by atoms with Crippen LogP contribution in [0.15, 0.2) is 24.3 Å². The van der Waals surface area contributed by atoms with Crippen LogP contribution < -0.4 is 0 Å². The number of rotatable bonds is 6. The van der Waals surface area contributed by atoms with Gasteiger partial charge >= 0.3 is 5.97 Å². The van der Waals surface area contributed by atoms with Gasteiger partial charge in [0.15, 0.2) is 0 Å². The molecule has 1 fully saturated rings. The van der Waals surface area contributed by atoms with Crippen LogP contribution in [0, 0.1) is 5.92 Å². The molecule has 0 N–H and O–H groups in total. The first-order valence-corrected chi connectivity index (χ1v) is 8.66. The smallest absolute Gasteiger partial charge is 0.309 e. The second kappa shape index (κ2) is 8.92. The van der Waals surface area contributed by atoms with E-state index in [1.165, 1.54) is 0 Å². The molecule has 23 heavy (non-hydrogen) atoms. The maximum absolute atomic E-state index is 12.2. The number of ether oxygens (including phenoxy) is 1. The number of nitrogens with zero attached hydrogens (tertiary/aromatic N) is 1. The Morgan fingerprint density at radius 2 is 2.04 bits per heavy atom. The average molecular weight is 338 g/mol. The van der Waals surface area contributed by atoms with Crippen molar-refractivity contribution in [1.29, 1.82) is 0 Å². The summed E-state index contributed by atoms with van der Waals surface area (Å²) >= 11 is 5.96. The minimum atomic E-state index is -0.124. The monoisotopic (exact) mass is 337 g/mol. The first-order chi connectivity index (χ1) is 11.1. The highest BCUT2D eigenvalue weighted by Gasteiger charge is 2.27. The van der Waals surface area contributed by atoms with Crippen LogP contribution in [0.25, 0.3) is 0 Å². The second-order valence-electron chi connectivity index (χ2n) is 5.89. The van der Waals surface area contributed by atoms with Gasteiger partial charge in [0, 0.05) is 24.5 Å². The largest absolute Gasteiger partial charge is 0.466 e. The number of hydrogen-bond acceptors (Lipinski definition) is 3. The van der Waals surface area contributed by atoms with E-state index in [9.17, 15) is 9.59 Å². The lowest BCUT2D eigenvalue weighted by molar-refractivity contribution is -0.151. The van der Waals surface area contributed by atoms with E-state index in [0.29, 0.717) is 39.0 Å². The molecule has 4 nitrogen and oxygen atoms in total. The molecule has 1 aliphatic rings. The SMILES string of the molecule is CCOC(=O)C1CCN(C(=O)CCCc2cccc(Cl)c2)CC1.